The second-order valence-corrected chi connectivity index (χ2v) is 6.25. The molecule has 0 bridgehead atoms. The van der Waals surface area contributed by atoms with Crippen molar-refractivity contribution < 1.29 is 19.1 Å². The van der Waals surface area contributed by atoms with Crippen molar-refractivity contribution in [1.82, 2.24) is 10.6 Å². The number of amides is 2. The molecular formula is C21H26N2O4. The van der Waals surface area contributed by atoms with E-state index in [1.807, 2.05) is 69.3 Å². The monoisotopic (exact) mass is 370 g/mol. The van der Waals surface area contributed by atoms with E-state index in [0.717, 1.165) is 22.6 Å². The predicted molar refractivity (Wildman–Crippen MR) is 104 cm³/mol. The van der Waals surface area contributed by atoms with Crippen LogP contribution < -0.4 is 20.1 Å². The van der Waals surface area contributed by atoms with Gasteiger partial charge >= 0.3 is 11.8 Å². The lowest BCUT2D eigenvalue weighted by Gasteiger charge is -2.10. The summed E-state index contributed by atoms with van der Waals surface area (Å²) in [5, 5.41) is 5.21. The first-order valence-electron chi connectivity index (χ1n) is 9.01. The summed E-state index contributed by atoms with van der Waals surface area (Å²) < 4.78 is 10.9. The van der Waals surface area contributed by atoms with Gasteiger partial charge in [0.2, 0.25) is 0 Å². The Bertz CT molecular complexity index is 740. The molecule has 6 heteroatoms. The molecule has 6 nitrogen and oxygen atoms in total. The fourth-order valence-electron chi connectivity index (χ4n) is 2.35. The van der Waals surface area contributed by atoms with Crippen LogP contribution in [0.25, 0.3) is 0 Å². The van der Waals surface area contributed by atoms with E-state index < -0.39 is 11.8 Å². The second kappa shape index (κ2) is 10.2. The van der Waals surface area contributed by atoms with Gasteiger partial charge in [0.1, 0.15) is 11.5 Å². The number of ether oxygens (including phenoxy) is 2. The zero-order valence-corrected chi connectivity index (χ0v) is 16.0. The molecule has 0 radical (unpaired) electrons. The van der Waals surface area contributed by atoms with Gasteiger partial charge in [-0.25, -0.2) is 0 Å². The quantitative estimate of drug-likeness (QED) is 0.701. The van der Waals surface area contributed by atoms with E-state index in [2.05, 4.69) is 10.6 Å². The van der Waals surface area contributed by atoms with Crippen LogP contribution in [0.5, 0.6) is 11.5 Å². The van der Waals surface area contributed by atoms with Crippen LogP contribution in [0, 0.1) is 0 Å². The summed E-state index contributed by atoms with van der Waals surface area (Å²) in [4.78, 5) is 23.8. The number of benzene rings is 2. The minimum absolute atomic E-state index is 0.106. The molecule has 2 rings (SSSR count). The standard InChI is InChI=1S/C21H26N2O4/c1-4-26-18-9-5-16(6-10-18)13-22-20(24)21(25)23-14-17-7-11-19(12-8-17)27-15(2)3/h5-12,15H,4,13-14H2,1-3H3,(H,22,24)(H,23,25). The van der Waals surface area contributed by atoms with Crippen LogP contribution in [0.1, 0.15) is 31.9 Å². The van der Waals surface area contributed by atoms with Crippen LogP contribution in [0.3, 0.4) is 0 Å². The Balaban J connectivity index is 1.75. The Kier molecular flexibility index (Phi) is 7.67. The fourth-order valence-corrected chi connectivity index (χ4v) is 2.35. The minimum atomic E-state index is -0.663. The van der Waals surface area contributed by atoms with Crippen molar-refractivity contribution in [3.63, 3.8) is 0 Å². The van der Waals surface area contributed by atoms with E-state index >= 15 is 0 Å². The van der Waals surface area contributed by atoms with Crippen LogP contribution in [0.15, 0.2) is 48.5 Å². The van der Waals surface area contributed by atoms with Crippen molar-refractivity contribution in [2.24, 2.45) is 0 Å². The van der Waals surface area contributed by atoms with Crippen LogP contribution in [-0.2, 0) is 22.7 Å². The van der Waals surface area contributed by atoms with Gasteiger partial charge in [-0.2, -0.15) is 0 Å². The largest absolute Gasteiger partial charge is 0.494 e. The highest BCUT2D eigenvalue weighted by atomic mass is 16.5. The fraction of sp³-hybridized carbons (Fsp3) is 0.333. The highest BCUT2D eigenvalue weighted by Crippen LogP contribution is 2.14. The smallest absolute Gasteiger partial charge is 0.309 e. The lowest BCUT2D eigenvalue weighted by Crippen LogP contribution is -2.39. The topological polar surface area (TPSA) is 76.7 Å². The molecule has 0 fully saturated rings. The van der Waals surface area contributed by atoms with Crippen molar-refractivity contribution in [3.05, 3.63) is 59.7 Å². The Morgan fingerprint density at radius 1 is 0.815 bits per heavy atom. The van der Waals surface area contributed by atoms with Crippen molar-refractivity contribution in [3.8, 4) is 11.5 Å². The molecule has 0 aliphatic rings. The van der Waals surface area contributed by atoms with Crippen molar-refractivity contribution in [1.29, 1.82) is 0 Å². The lowest BCUT2D eigenvalue weighted by molar-refractivity contribution is -0.139. The molecule has 0 aliphatic heterocycles. The maximum atomic E-state index is 11.9. The van der Waals surface area contributed by atoms with Crippen LogP contribution >= 0.6 is 0 Å². The molecule has 2 aromatic carbocycles. The molecule has 27 heavy (non-hydrogen) atoms. The molecule has 2 amide bonds. The molecule has 2 N–H and O–H groups in total. The zero-order valence-electron chi connectivity index (χ0n) is 16.0. The Morgan fingerprint density at radius 2 is 1.26 bits per heavy atom. The van der Waals surface area contributed by atoms with Gasteiger partial charge in [-0.05, 0) is 56.2 Å². The van der Waals surface area contributed by atoms with Gasteiger partial charge in [0.05, 0.1) is 12.7 Å². The molecule has 0 saturated carbocycles. The molecule has 0 saturated heterocycles. The third-order valence-corrected chi connectivity index (χ3v) is 3.64. The van der Waals surface area contributed by atoms with E-state index in [1.165, 1.54) is 0 Å². The Hall–Kier alpha value is -3.02. The third-order valence-electron chi connectivity index (χ3n) is 3.64. The van der Waals surface area contributed by atoms with Crippen LogP contribution in [0.2, 0.25) is 0 Å². The average molecular weight is 370 g/mol. The van der Waals surface area contributed by atoms with Gasteiger partial charge in [0.15, 0.2) is 0 Å². The molecule has 2 aromatic rings. The van der Waals surface area contributed by atoms with E-state index in [-0.39, 0.29) is 19.2 Å². The minimum Gasteiger partial charge on any atom is -0.494 e. The van der Waals surface area contributed by atoms with Gasteiger partial charge in [-0.15, -0.1) is 0 Å². The first kappa shape index (κ1) is 20.3. The normalized spacial score (nSPS) is 10.4. The number of carbonyl (C=O) groups is 2. The number of rotatable bonds is 8. The summed E-state index contributed by atoms with van der Waals surface area (Å²) >= 11 is 0. The SMILES string of the molecule is CCOc1ccc(CNC(=O)C(=O)NCc2ccc(OC(C)C)cc2)cc1. The molecule has 144 valence electrons. The van der Waals surface area contributed by atoms with Crippen molar-refractivity contribution in [2.75, 3.05) is 6.61 Å². The number of hydrogen-bond acceptors (Lipinski definition) is 4. The van der Waals surface area contributed by atoms with Gasteiger partial charge in [0, 0.05) is 13.1 Å². The first-order chi connectivity index (χ1) is 13.0. The molecule has 0 aliphatic carbocycles. The van der Waals surface area contributed by atoms with E-state index in [4.69, 9.17) is 9.47 Å². The van der Waals surface area contributed by atoms with Gasteiger partial charge in [-0.3, -0.25) is 9.59 Å². The summed E-state index contributed by atoms with van der Waals surface area (Å²) in [5.41, 5.74) is 1.78. The molecular weight excluding hydrogens is 344 g/mol. The number of hydrogen-bond donors (Lipinski definition) is 2. The highest BCUT2D eigenvalue weighted by Gasteiger charge is 2.12. The molecule has 0 aromatic heterocycles. The average Bonchev–Trinajstić information content (AvgIpc) is 2.66. The van der Waals surface area contributed by atoms with E-state index in [0.29, 0.717) is 6.61 Å². The second-order valence-electron chi connectivity index (χ2n) is 6.25. The van der Waals surface area contributed by atoms with Gasteiger partial charge in [-0.1, -0.05) is 24.3 Å². The van der Waals surface area contributed by atoms with Crippen LogP contribution in [-0.4, -0.2) is 24.5 Å². The summed E-state index contributed by atoms with van der Waals surface area (Å²) in [7, 11) is 0. The Morgan fingerprint density at radius 3 is 1.67 bits per heavy atom. The Labute approximate surface area is 159 Å². The van der Waals surface area contributed by atoms with E-state index in [9.17, 15) is 9.59 Å². The summed E-state index contributed by atoms with van der Waals surface area (Å²) in [5.74, 6) is 0.218. The highest BCUT2D eigenvalue weighted by molar-refractivity contribution is 6.35. The lowest BCUT2D eigenvalue weighted by atomic mass is 10.2. The number of nitrogens with one attached hydrogen (secondary N) is 2. The summed E-state index contributed by atoms with van der Waals surface area (Å²) in [6, 6.07) is 14.8. The van der Waals surface area contributed by atoms with Crippen molar-refractivity contribution >= 4 is 11.8 Å². The molecule has 0 spiro atoms. The van der Waals surface area contributed by atoms with Gasteiger partial charge < -0.3 is 20.1 Å². The van der Waals surface area contributed by atoms with E-state index in [1.54, 1.807) is 0 Å². The van der Waals surface area contributed by atoms with Gasteiger partial charge in [0.25, 0.3) is 0 Å². The summed E-state index contributed by atoms with van der Waals surface area (Å²) in [6.45, 7) is 6.99. The van der Waals surface area contributed by atoms with Crippen molar-refractivity contribution in [2.45, 2.75) is 40.0 Å². The first-order valence-corrected chi connectivity index (χ1v) is 9.01. The third kappa shape index (κ3) is 7.01. The van der Waals surface area contributed by atoms with Crippen LogP contribution in [0.4, 0.5) is 0 Å². The zero-order chi connectivity index (χ0) is 19.6. The predicted octanol–water partition coefficient (Wildman–Crippen LogP) is 2.81. The maximum Gasteiger partial charge on any atom is 0.309 e. The molecule has 0 heterocycles. The maximum absolute atomic E-state index is 11.9. The number of carbonyl (C=O) groups excluding carboxylic acids is 2. The molecule has 0 atom stereocenters. The molecule has 0 unspecified atom stereocenters. The summed E-state index contributed by atoms with van der Waals surface area (Å²) in [6.07, 6.45) is 0.106.